The van der Waals surface area contributed by atoms with E-state index in [0.717, 1.165) is 22.5 Å². The number of nitrogens with one attached hydrogen (secondary N) is 1. The van der Waals surface area contributed by atoms with E-state index < -0.39 is 33.7 Å². The molecule has 12 heteroatoms. The van der Waals surface area contributed by atoms with Gasteiger partial charge in [0.2, 0.25) is 5.60 Å². The number of benzene rings is 1. The van der Waals surface area contributed by atoms with Crippen molar-refractivity contribution in [3.05, 3.63) is 47.6 Å². The highest BCUT2D eigenvalue weighted by atomic mass is 35.5. The number of anilines is 1. The molecule has 0 aromatic heterocycles. The molecule has 0 spiro atoms. The van der Waals surface area contributed by atoms with Crippen molar-refractivity contribution < 1.29 is 31.5 Å². The molecule has 1 aromatic rings. The van der Waals surface area contributed by atoms with Gasteiger partial charge < -0.3 is 16.2 Å². The number of carbonyl (C=O) groups is 1. The Labute approximate surface area is 164 Å². The van der Waals surface area contributed by atoms with Gasteiger partial charge in [0.25, 0.3) is 15.9 Å². The second kappa shape index (κ2) is 7.74. The van der Waals surface area contributed by atoms with Crippen LogP contribution in [0.2, 0.25) is 5.02 Å². The summed E-state index contributed by atoms with van der Waals surface area (Å²) in [6.07, 6.45) is 0.836. The molecule has 2 atom stereocenters. The van der Waals surface area contributed by atoms with Crippen LogP contribution < -0.4 is 11.1 Å². The van der Waals surface area contributed by atoms with Crippen molar-refractivity contribution in [1.82, 2.24) is 4.31 Å². The number of allylic oxidation sites excluding steroid dienone is 2. The fourth-order valence-corrected chi connectivity index (χ4v) is 4.00. The van der Waals surface area contributed by atoms with Gasteiger partial charge in [0.1, 0.15) is 0 Å². The van der Waals surface area contributed by atoms with Crippen molar-refractivity contribution >= 4 is 33.2 Å². The van der Waals surface area contributed by atoms with Crippen molar-refractivity contribution in [2.75, 3.05) is 11.9 Å². The summed E-state index contributed by atoms with van der Waals surface area (Å²) in [4.78, 5) is 11.5. The van der Waals surface area contributed by atoms with E-state index in [9.17, 15) is 31.5 Å². The standard InChI is InChI=1S/C16H17ClF3N3O4S/c1-15(25,16(18,19)20)14(24)22-13-6-5-11(8-12(13)17)28(26,27)23-7-3-2-4-10(23)9-21/h2-8,10,25H,9,21H2,1H3,(H,22,24)/t10?,15-/m1/s1. The average Bonchev–Trinajstić information content (AvgIpc) is 2.62. The van der Waals surface area contributed by atoms with Gasteiger partial charge in [-0.25, -0.2) is 8.42 Å². The summed E-state index contributed by atoms with van der Waals surface area (Å²) in [5.41, 5.74) is 1.63. The minimum atomic E-state index is -5.21. The molecule has 28 heavy (non-hydrogen) atoms. The molecule has 0 bridgehead atoms. The quantitative estimate of drug-likeness (QED) is 0.649. The lowest BCUT2D eigenvalue weighted by molar-refractivity contribution is -0.242. The van der Waals surface area contributed by atoms with Crippen molar-refractivity contribution in [2.24, 2.45) is 5.73 Å². The molecule has 1 aromatic carbocycles. The van der Waals surface area contributed by atoms with E-state index >= 15 is 0 Å². The number of sulfonamides is 1. The van der Waals surface area contributed by atoms with Crippen LogP contribution in [0.5, 0.6) is 0 Å². The number of nitrogens with two attached hydrogens (primary N) is 1. The number of hydrogen-bond donors (Lipinski definition) is 3. The minimum Gasteiger partial charge on any atom is -0.373 e. The number of rotatable bonds is 5. The Hall–Kier alpha value is -2.08. The number of amides is 1. The van der Waals surface area contributed by atoms with E-state index in [4.69, 9.17) is 17.3 Å². The van der Waals surface area contributed by atoms with Gasteiger partial charge in [-0.1, -0.05) is 23.8 Å². The SMILES string of the molecule is C[C@@](O)(C(=O)Nc1ccc(S(=O)(=O)N2C=CC=CC2CN)cc1Cl)C(F)(F)F. The molecule has 0 saturated carbocycles. The van der Waals surface area contributed by atoms with E-state index in [-0.39, 0.29) is 29.1 Å². The number of aliphatic hydroxyl groups is 1. The lowest BCUT2D eigenvalue weighted by atomic mass is 10.1. The first-order valence-corrected chi connectivity index (χ1v) is 9.63. The Bertz CT molecular complexity index is 930. The number of halogens is 4. The highest BCUT2D eigenvalue weighted by Crippen LogP contribution is 2.33. The van der Waals surface area contributed by atoms with Crippen LogP contribution in [0, 0.1) is 0 Å². The van der Waals surface area contributed by atoms with Crippen molar-refractivity contribution in [3.8, 4) is 0 Å². The maximum absolute atomic E-state index is 12.8. The lowest BCUT2D eigenvalue weighted by Crippen LogP contribution is -2.52. The highest BCUT2D eigenvalue weighted by Gasteiger charge is 2.55. The number of nitrogens with zero attached hydrogens (tertiary/aromatic N) is 1. The van der Waals surface area contributed by atoms with E-state index in [1.807, 2.05) is 5.32 Å². The van der Waals surface area contributed by atoms with E-state index in [2.05, 4.69) is 0 Å². The zero-order valence-corrected chi connectivity index (χ0v) is 16.0. The van der Waals surface area contributed by atoms with Crippen molar-refractivity contribution in [2.45, 2.75) is 29.6 Å². The molecular weight excluding hydrogens is 423 g/mol. The lowest BCUT2D eigenvalue weighted by Gasteiger charge is -2.29. The summed E-state index contributed by atoms with van der Waals surface area (Å²) >= 11 is 5.94. The second-order valence-electron chi connectivity index (χ2n) is 6.03. The maximum atomic E-state index is 12.8. The zero-order chi connectivity index (χ0) is 21.3. The largest absolute Gasteiger partial charge is 0.426 e. The molecule has 0 saturated heterocycles. The monoisotopic (exact) mass is 439 g/mol. The molecular formula is C16H17ClF3N3O4S. The molecule has 1 aliphatic rings. The van der Waals surface area contributed by atoms with E-state index in [0.29, 0.717) is 0 Å². The van der Waals surface area contributed by atoms with Crippen LogP contribution in [0.3, 0.4) is 0 Å². The predicted molar refractivity (Wildman–Crippen MR) is 96.9 cm³/mol. The fourth-order valence-electron chi connectivity index (χ4n) is 2.22. The Morgan fingerprint density at radius 1 is 1.36 bits per heavy atom. The number of hydrogen-bond acceptors (Lipinski definition) is 5. The summed E-state index contributed by atoms with van der Waals surface area (Å²) in [5.74, 6) is -1.76. The second-order valence-corrected chi connectivity index (χ2v) is 8.28. The van der Waals surface area contributed by atoms with Gasteiger partial charge in [0, 0.05) is 12.7 Å². The smallest absolute Gasteiger partial charge is 0.373 e. The van der Waals surface area contributed by atoms with Crippen LogP contribution >= 0.6 is 11.6 Å². The summed E-state index contributed by atoms with van der Waals surface area (Å²) < 4.78 is 64.8. The van der Waals surface area contributed by atoms with Crippen LogP contribution in [-0.2, 0) is 14.8 Å². The van der Waals surface area contributed by atoms with Gasteiger partial charge >= 0.3 is 6.18 Å². The summed E-state index contributed by atoms with van der Waals surface area (Å²) in [6, 6.07) is 2.46. The molecule has 4 N–H and O–H groups in total. The Morgan fingerprint density at radius 2 is 2.00 bits per heavy atom. The minimum absolute atomic E-state index is 0.0223. The normalized spacial score (nSPS) is 19.4. The Kier molecular flexibility index (Phi) is 6.14. The summed E-state index contributed by atoms with van der Waals surface area (Å²) in [5, 5.41) is 10.9. The first kappa shape index (κ1) is 22.2. The van der Waals surface area contributed by atoms with E-state index in [1.165, 1.54) is 12.3 Å². The Balaban J connectivity index is 2.31. The third-order valence-electron chi connectivity index (χ3n) is 4.00. The highest BCUT2D eigenvalue weighted by molar-refractivity contribution is 7.89. The molecule has 1 heterocycles. The zero-order valence-electron chi connectivity index (χ0n) is 14.4. The van der Waals surface area contributed by atoms with Crippen LogP contribution in [-0.4, -0.2) is 48.1 Å². The molecule has 154 valence electrons. The number of carbonyl (C=O) groups excluding carboxylic acids is 1. The molecule has 1 unspecified atom stereocenters. The maximum Gasteiger partial charge on any atom is 0.426 e. The average molecular weight is 440 g/mol. The number of alkyl halides is 3. The fraction of sp³-hybridized carbons (Fsp3) is 0.312. The molecule has 2 rings (SSSR count). The first-order chi connectivity index (χ1) is 12.8. The molecule has 7 nitrogen and oxygen atoms in total. The van der Waals surface area contributed by atoms with Gasteiger partial charge in [-0.2, -0.15) is 13.2 Å². The molecule has 0 radical (unpaired) electrons. The third kappa shape index (κ3) is 4.17. The Morgan fingerprint density at radius 3 is 2.54 bits per heavy atom. The van der Waals surface area contributed by atoms with Gasteiger partial charge in [-0.15, -0.1) is 0 Å². The van der Waals surface area contributed by atoms with Gasteiger partial charge in [-0.05, 0) is 31.2 Å². The molecule has 0 aliphatic carbocycles. The van der Waals surface area contributed by atoms with Crippen molar-refractivity contribution in [3.63, 3.8) is 0 Å². The first-order valence-electron chi connectivity index (χ1n) is 7.81. The van der Waals surface area contributed by atoms with Gasteiger partial charge in [0.05, 0.1) is 21.6 Å². The summed E-state index contributed by atoms with van der Waals surface area (Å²) in [7, 11) is -4.05. The van der Waals surface area contributed by atoms with E-state index in [1.54, 1.807) is 12.2 Å². The molecule has 1 aliphatic heterocycles. The van der Waals surface area contributed by atoms with Crippen molar-refractivity contribution in [1.29, 1.82) is 0 Å². The van der Waals surface area contributed by atoms with Crippen LogP contribution in [0.25, 0.3) is 0 Å². The molecule has 1 amide bonds. The predicted octanol–water partition coefficient (Wildman–Crippen LogP) is 1.99. The topological polar surface area (TPSA) is 113 Å². The third-order valence-corrected chi connectivity index (χ3v) is 6.11. The summed E-state index contributed by atoms with van der Waals surface area (Å²) in [6.45, 7) is 0.312. The van der Waals surface area contributed by atoms with Crippen LogP contribution in [0.15, 0.2) is 47.5 Å². The van der Waals surface area contributed by atoms with Crippen LogP contribution in [0.4, 0.5) is 18.9 Å². The molecule has 0 fully saturated rings. The van der Waals surface area contributed by atoms with Gasteiger partial charge in [0.15, 0.2) is 0 Å². The van der Waals surface area contributed by atoms with Crippen LogP contribution in [0.1, 0.15) is 6.92 Å². The van der Waals surface area contributed by atoms with Gasteiger partial charge in [-0.3, -0.25) is 9.10 Å².